The van der Waals surface area contributed by atoms with Crippen molar-refractivity contribution >= 4 is 17.8 Å². The van der Waals surface area contributed by atoms with Crippen molar-refractivity contribution in [2.24, 2.45) is 5.16 Å². The molecule has 0 atom stereocenters. The van der Waals surface area contributed by atoms with Gasteiger partial charge in [-0.15, -0.1) is 0 Å². The first-order chi connectivity index (χ1) is 17.0. The Balaban J connectivity index is 1.73. The van der Waals surface area contributed by atoms with Gasteiger partial charge in [-0.2, -0.15) is 0 Å². The van der Waals surface area contributed by atoms with Crippen molar-refractivity contribution in [2.75, 3.05) is 21.3 Å². The number of hydrogen-bond acceptors (Lipinski definition) is 7. The second-order valence-corrected chi connectivity index (χ2v) is 7.61. The minimum Gasteiger partial charge on any atom is -0.503 e. The predicted octanol–water partition coefficient (Wildman–Crippen LogP) is 5.29. The topological polar surface area (TPSA) is 75.6 Å². The van der Waals surface area contributed by atoms with E-state index in [4.69, 9.17) is 23.8 Å². The van der Waals surface area contributed by atoms with Crippen molar-refractivity contribution < 1.29 is 28.6 Å². The summed E-state index contributed by atoms with van der Waals surface area (Å²) >= 11 is 0. The lowest BCUT2D eigenvalue weighted by Crippen LogP contribution is -2.08. The Hall–Kier alpha value is -4.26. The third-order valence-corrected chi connectivity index (χ3v) is 5.15. The normalized spacial score (nSPS) is 11.3. The van der Waals surface area contributed by atoms with Gasteiger partial charge in [-0.25, -0.2) is 4.79 Å². The van der Waals surface area contributed by atoms with Crippen LogP contribution in [0, 0.1) is 6.92 Å². The maximum absolute atomic E-state index is 12.2. The summed E-state index contributed by atoms with van der Waals surface area (Å²) in [6.45, 7) is 2.61. The average Bonchev–Trinajstić information content (AvgIpc) is 2.89. The van der Waals surface area contributed by atoms with Gasteiger partial charge < -0.3 is 23.8 Å². The highest BCUT2D eigenvalue weighted by molar-refractivity contribution is 6.16. The number of hydrogen-bond donors (Lipinski definition) is 0. The van der Waals surface area contributed by atoms with E-state index >= 15 is 0 Å². The van der Waals surface area contributed by atoms with E-state index in [1.807, 2.05) is 67.6 Å². The van der Waals surface area contributed by atoms with Crippen molar-refractivity contribution in [3.8, 4) is 11.5 Å². The highest BCUT2D eigenvalue weighted by Crippen LogP contribution is 2.30. The highest BCUT2D eigenvalue weighted by Gasteiger charge is 2.17. The molecule has 0 saturated heterocycles. The molecule has 0 N–H and O–H groups in total. The van der Waals surface area contributed by atoms with Gasteiger partial charge in [0.2, 0.25) is 0 Å². The Kier molecular flexibility index (Phi) is 9.31. The number of aryl methyl sites for hydroxylation is 1. The standard InChI is InChI=1S/C28H29NO6/c1-20-9-11-21(12-10-20)17-35-29-16-22-13-14-26(32-3)27(15-22)34-18-23-7-5-6-8-24(23)25(19-31-2)28(30)33-4/h5-16,19H,17-18H2,1-4H3/b25-19+,29-16+. The first-order valence-electron chi connectivity index (χ1n) is 11.0. The summed E-state index contributed by atoms with van der Waals surface area (Å²) in [4.78, 5) is 17.7. The highest BCUT2D eigenvalue weighted by atomic mass is 16.6. The molecule has 0 bridgehead atoms. The van der Waals surface area contributed by atoms with Gasteiger partial charge in [-0.1, -0.05) is 59.3 Å². The monoisotopic (exact) mass is 475 g/mol. The maximum Gasteiger partial charge on any atom is 0.341 e. The van der Waals surface area contributed by atoms with Crippen LogP contribution in [0.15, 0.2) is 78.1 Å². The fraction of sp³-hybridized carbons (Fsp3) is 0.214. The Bertz CT molecular complexity index is 1180. The van der Waals surface area contributed by atoms with Gasteiger partial charge >= 0.3 is 5.97 Å². The zero-order valence-electron chi connectivity index (χ0n) is 20.3. The van der Waals surface area contributed by atoms with Gasteiger partial charge in [0.25, 0.3) is 0 Å². The van der Waals surface area contributed by atoms with E-state index < -0.39 is 5.97 Å². The van der Waals surface area contributed by atoms with Crippen LogP contribution in [-0.4, -0.2) is 33.5 Å². The van der Waals surface area contributed by atoms with Crippen molar-refractivity contribution in [3.05, 3.63) is 101 Å². The lowest BCUT2D eigenvalue weighted by Gasteiger charge is -2.14. The van der Waals surface area contributed by atoms with Gasteiger partial charge in [0, 0.05) is 5.56 Å². The minimum atomic E-state index is -0.499. The molecule has 0 heterocycles. The van der Waals surface area contributed by atoms with Crippen LogP contribution in [0.3, 0.4) is 0 Å². The van der Waals surface area contributed by atoms with Crippen LogP contribution in [0.4, 0.5) is 0 Å². The van der Waals surface area contributed by atoms with E-state index in [1.54, 1.807) is 19.4 Å². The smallest absolute Gasteiger partial charge is 0.341 e. The van der Waals surface area contributed by atoms with E-state index in [-0.39, 0.29) is 6.61 Å². The number of oxime groups is 1. The average molecular weight is 476 g/mol. The van der Waals surface area contributed by atoms with Crippen molar-refractivity contribution in [2.45, 2.75) is 20.1 Å². The molecule has 0 saturated carbocycles. The van der Waals surface area contributed by atoms with Gasteiger partial charge in [0.05, 0.1) is 33.8 Å². The Morgan fingerprint density at radius 2 is 1.69 bits per heavy atom. The molecule has 0 aliphatic carbocycles. The van der Waals surface area contributed by atoms with Crippen LogP contribution in [-0.2, 0) is 32.3 Å². The Labute approximate surface area is 205 Å². The molecule has 0 unspecified atom stereocenters. The molecule has 7 nitrogen and oxygen atoms in total. The van der Waals surface area contributed by atoms with Crippen LogP contribution in [0.5, 0.6) is 11.5 Å². The first-order valence-corrected chi connectivity index (χ1v) is 11.0. The van der Waals surface area contributed by atoms with Gasteiger partial charge in [-0.3, -0.25) is 0 Å². The molecular formula is C28H29NO6. The van der Waals surface area contributed by atoms with Crippen LogP contribution in [0.1, 0.15) is 27.8 Å². The van der Waals surface area contributed by atoms with Crippen LogP contribution >= 0.6 is 0 Å². The van der Waals surface area contributed by atoms with Gasteiger partial charge in [0.1, 0.15) is 18.8 Å². The molecule has 0 aromatic heterocycles. The molecule has 0 radical (unpaired) electrons. The lowest BCUT2D eigenvalue weighted by atomic mass is 10.0. The first kappa shape index (κ1) is 25.4. The van der Waals surface area contributed by atoms with E-state index in [1.165, 1.54) is 26.0 Å². The summed E-state index contributed by atoms with van der Waals surface area (Å²) in [7, 11) is 4.38. The summed E-state index contributed by atoms with van der Waals surface area (Å²) in [6, 6.07) is 20.9. The predicted molar refractivity (Wildman–Crippen MR) is 134 cm³/mol. The molecule has 3 aromatic rings. The second kappa shape index (κ2) is 12.8. The number of esters is 1. The second-order valence-electron chi connectivity index (χ2n) is 7.61. The van der Waals surface area contributed by atoms with Crippen molar-refractivity contribution in [3.63, 3.8) is 0 Å². The number of ether oxygens (including phenoxy) is 4. The molecule has 7 heteroatoms. The molecule has 0 fully saturated rings. The Morgan fingerprint density at radius 3 is 2.40 bits per heavy atom. The maximum atomic E-state index is 12.2. The molecule has 0 aliphatic rings. The summed E-state index contributed by atoms with van der Waals surface area (Å²) in [5, 5.41) is 4.07. The van der Waals surface area contributed by atoms with Crippen LogP contribution in [0.2, 0.25) is 0 Å². The van der Waals surface area contributed by atoms with E-state index in [2.05, 4.69) is 5.16 Å². The van der Waals surface area contributed by atoms with Crippen molar-refractivity contribution in [1.82, 2.24) is 0 Å². The quantitative estimate of drug-likeness (QED) is 0.123. The summed E-state index contributed by atoms with van der Waals surface area (Å²) in [5.74, 6) is 0.599. The molecule has 182 valence electrons. The Morgan fingerprint density at radius 1 is 0.914 bits per heavy atom. The van der Waals surface area contributed by atoms with E-state index in [0.717, 1.165) is 16.7 Å². The SMILES string of the molecule is CO/C=C(/C(=O)OC)c1ccccc1COc1cc(/C=N/OCc2ccc(C)cc2)ccc1OC. The number of rotatable bonds is 11. The zero-order chi connectivity index (χ0) is 25.0. The summed E-state index contributed by atoms with van der Waals surface area (Å²) in [5.41, 5.74) is 4.76. The van der Waals surface area contributed by atoms with Crippen LogP contribution < -0.4 is 9.47 Å². The third-order valence-electron chi connectivity index (χ3n) is 5.15. The molecule has 0 aliphatic heterocycles. The van der Waals surface area contributed by atoms with Gasteiger partial charge in [0.15, 0.2) is 11.5 Å². The fourth-order valence-corrected chi connectivity index (χ4v) is 3.29. The molecular weight excluding hydrogens is 446 g/mol. The molecule has 3 rings (SSSR count). The molecule has 0 spiro atoms. The molecule has 35 heavy (non-hydrogen) atoms. The van der Waals surface area contributed by atoms with Crippen LogP contribution in [0.25, 0.3) is 5.57 Å². The number of carbonyl (C=O) groups is 1. The molecule has 0 amide bonds. The van der Waals surface area contributed by atoms with E-state index in [0.29, 0.717) is 29.2 Å². The zero-order valence-corrected chi connectivity index (χ0v) is 20.3. The molecule has 3 aromatic carbocycles. The third kappa shape index (κ3) is 7.11. The number of carbonyl (C=O) groups excluding carboxylic acids is 1. The number of methoxy groups -OCH3 is 3. The number of nitrogens with zero attached hydrogens (tertiary/aromatic N) is 1. The largest absolute Gasteiger partial charge is 0.503 e. The fourth-order valence-electron chi connectivity index (χ4n) is 3.29. The van der Waals surface area contributed by atoms with Crippen molar-refractivity contribution in [1.29, 1.82) is 0 Å². The van der Waals surface area contributed by atoms with E-state index in [9.17, 15) is 4.79 Å². The lowest BCUT2D eigenvalue weighted by molar-refractivity contribution is -0.133. The minimum absolute atomic E-state index is 0.190. The summed E-state index contributed by atoms with van der Waals surface area (Å²) < 4.78 is 21.5. The number of benzene rings is 3. The van der Waals surface area contributed by atoms with Gasteiger partial charge in [-0.05, 0) is 41.8 Å². The summed E-state index contributed by atoms with van der Waals surface area (Å²) in [6.07, 6.45) is 2.98.